The number of hydrogen-bond acceptors (Lipinski definition) is 5. The van der Waals surface area contributed by atoms with Gasteiger partial charge in [0.25, 0.3) is 5.91 Å². The first-order chi connectivity index (χ1) is 18.3. The van der Waals surface area contributed by atoms with E-state index in [-0.39, 0.29) is 17.0 Å². The summed E-state index contributed by atoms with van der Waals surface area (Å²) in [5.41, 5.74) is 3.10. The summed E-state index contributed by atoms with van der Waals surface area (Å²) in [4.78, 5) is 12.6. The molecule has 7 nitrogen and oxygen atoms in total. The summed E-state index contributed by atoms with van der Waals surface area (Å²) in [7, 11) is -4.16. The number of ether oxygens (including phenoxy) is 1. The van der Waals surface area contributed by atoms with E-state index < -0.39 is 28.3 Å². The van der Waals surface area contributed by atoms with Crippen LogP contribution in [-0.2, 0) is 21.4 Å². The largest absolute Gasteiger partial charge is 0.457 e. The van der Waals surface area contributed by atoms with Gasteiger partial charge in [0.2, 0.25) is 10.0 Å². The monoisotopic (exact) mass is 551 g/mol. The van der Waals surface area contributed by atoms with E-state index >= 15 is 0 Å². The third-order valence-electron chi connectivity index (χ3n) is 5.32. The van der Waals surface area contributed by atoms with E-state index in [2.05, 4.69) is 10.5 Å². The molecule has 0 saturated heterocycles. The topological polar surface area (TPSA) is 88.1 Å². The maximum atomic E-state index is 14.3. The Morgan fingerprint density at radius 1 is 0.921 bits per heavy atom. The first kappa shape index (κ1) is 27.0. The van der Waals surface area contributed by atoms with Crippen molar-refractivity contribution >= 4 is 33.7 Å². The molecule has 4 rings (SSSR count). The van der Waals surface area contributed by atoms with Gasteiger partial charge >= 0.3 is 0 Å². The molecule has 0 unspecified atom stereocenters. The van der Waals surface area contributed by atoms with Crippen molar-refractivity contribution in [1.82, 2.24) is 9.73 Å². The number of halogens is 2. The van der Waals surface area contributed by atoms with Crippen molar-refractivity contribution in [2.75, 3.05) is 6.54 Å². The van der Waals surface area contributed by atoms with Crippen molar-refractivity contribution in [2.24, 2.45) is 5.10 Å². The van der Waals surface area contributed by atoms with E-state index in [4.69, 9.17) is 16.3 Å². The quantitative estimate of drug-likeness (QED) is 0.205. The number of sulfonamides is 1. The van der Waals surface area contributed by atoms with Crippen LogP contribution in [0.15, 0.2) is 113 Å². The van der Waals surface area contributed by atoms with Gasteiger partial charge in [0.1, 0.15) is 17.3 Å². The summed E-state index contributed by atoms with van der Waals surface area (Å²) < 4.78 is 47.6. The molecule has 0 aliphatic heterocycles. The zero-order valence-electron chi connectivity index (χ0n) is 20.0. The molecule has 0 spiro atoms. The molecule has 0 bridgehead atoms. The summed E-state index contributed by atoms with van der Waals surface area (Å²) in [6.07, 6.45) is 1.41. The van der Waals surface area contributed by atoms with Crippen molar-refractivity contribution in [3.8, 4) is 11.5 Å². The predicted molar refractivity (Wildman–Crippen MR) is 144 cm³/mol. The van der Waals surface area contributed by atoms with Crippen LogP contribution in [0.1, 0.15) is 11.1 Å². The summed E-state index contributed by atoms with van der Waals surface area (Å²) in [6.45, 7) is -0.943. The highest BCUT2D eigenvalue weighted by Gasteiger charge is 2.27. The second kappa shape index (κ2) is 12.5. The molecule has 0 atom stereocenters. The molecule has 1 N–H and O–H groups in total. The molecule has 0 heterocycles. The fourth-order valence-electron chi connectivity index (χ4n) is 3.46. The Kier molecular flexibility index (Phi) is 8.85. The molecule has 0 saturated carbocycles. The van der Waals surface area contributed by atoms with Crippen LogP contribution in [0.4, 0.5) is 4.39 Å². The van der Waals surface area contributed by atoms with Crippen LogP contribution in [0.5, 0.6) is 11.5 Å². The van der Waals surface area contributed by atoms with Crippen LogP contribution in [0, 0.1) is 5.82 Å². The third-order valence-corrected chi connectivity index (χ3v) is 7.37. The first-order valence-electron chi connectivity index (χ1n) is 11.5. The van der Waals surface area contributed by atoms with Gasteiger partial charge in [-0.15, -0.1) is 0 Å². The van der Waals surface area contributed by atoms with Crippen LogP contribution in [0.25, 0.3) is 0 Å². The molecular formula is C28H23ClFN3O4S. The van der Waals surface area contributed by atoms with Crippen LogP contribution >= 0.6 is 11.6 Å². The fraction of sp³-hybridized carbons (Fsp3) is 0.0714. The molecular weight excluding hydrogens is 529 g/mol. The van der Waals surface area contributed by atoms with E-state index in [0.29, 0.717) is 22.1 Å². The van der Waals surface area contributed by atoms with Crippen LogP contribution in [-0.4, -0.2) is 31.4 Å². The summed E-state index contributed by atoms with van der Waals surface area (Å²) >= 11 is 5.89. The molecule has 194 valence electrons. The smallest absolute Gasteiger partial charge is 0.255 e. The number of carbonyl (C=O) groups is 1. The molecule has 4 aromatic rings. The second-order valence-corrected chi connectivity index (χ2v) is 10.5. The van der Waals surface area contributed by atoms with Crippen molar-refractivity contribution in [3.63, 3.8) is 0 Å². The Hall–Kier alpha value is -4.05. The van der Waals surface area contributed by atoms with Gasteiger partial charge in [-0.05, 0) is 60.2 Å². The Morgan fingerprint density at radius 2 is 1.61 bits per heavy atom. The average molecular weight is 552 g/mol. The number of hydrazone groups is 1. The molecule has 38 heavy (non-hydrogen) atoms. The van der Waals surface area contributed by atoms with Crippen LogP contribution in [0.3, 0.4) is 0 Å². The zero-order valence-corrected chi connectivity index (χ0v) is 21.6. The van der Waals surface area contributed by atoms with Crippen molar-refractivity contribution in [1.29, 1.82) is 0 Å². The van der Waals surface area contributed by atoms with Gasteiger partial charge < -0.3 is 4.74 Å². The highest BCUT2D eigenvalue weighted by molar-refractivity contribution is 7.89. The lowest BCUT2D eigenvalue weighted by molar-refractivity contribution is -0.121. The molecule has 10 heteroatoms. The molecule has 0 radical (unpaired) electrons. The van der Waals surface area contributed by atoms with E-state index in [1.807, 2.05) is 30.3 Å². The van der Waals surface area contributed by atoms with Gasteiger partial charge in [0, 0.05) is 17.1 Å². The van der Waals surface area contributed by atoms with Gasteiger partial charge in [-0.3, -0.25) is 4.79 Å². The van der Waals surface area contributed by atoms with Gasteiger partial charge in [-0.2, -0.15) is 9.41 Å². The Bertz CT molecular complexity index is 1530. The van der Waals surface area contributed by atoms with Crippen LogP contribution in [0.2, 0.25) is 5.02 Å². The molecule has 4 aromatic carbocycles. The fourth-order valence-corrected chi connectivity index (χ4v) is 4.96. The lowest BCUT2D eigenvalue weighted by atomic mass is 10.2. The molecule has 0 aliphatic rings. The van der Waals surface area contributed by atoms with Gasteiger partial charge in [0.15, 0.2) is 0 Å². The van der Waals surface area contributed by atoms with Gasteiger partial charge in [0.05, 0.1) is 17.7 Å². The van der Waals surface area contributed by atoms with Crippen LogP contribution < -0.4 is 10.2 Å². The average Bonchev–Trinajstić information content (AvgIpc) is 2.90. The summed E-state index contributed by atoms with van der Waals surface area (Å²) in [5.74, 6) is -0.0324. The Labute approximate surface area is 225 Å². The van der Waals surface area contributed by atoms with Crippen molar-refractivity contribution in [3.05, 3.63) is 125 Å². The zero-order chi connectivity index (χ0) is 27.0. The minimum atomic E-state index is -4.16. The predicted octanol–water partition coefficient (Wildman–Crippen LogP) is 5.61. The highest BCUT2D eigenvalue weighted by Crippen LogP contribution is 2.22. The Morgan fingerprint density at radius 3 is 2.34 bits per heavy atom. The molecule has 0 aliphatic carbocycles. The highest BCUT2D eigenvalue weighted by atomic mass is 35.5. The maximum Gasteiger partial charge on any atom is 0.255 e. The van der Waals surface area contributed by atoms with Gasteiger partial charge in [-0.25, -0.2) is 18.2 Å². The Balaban J connectivity index is 1.47. The summed E-state index contributed by atoms with van der Waals surface area (Å²) in [6, 6.07) is 27.6. The molecule has 1 amide bonds. The molecule has 0 aromatic heterocycles. The van der Waals surface area contributed by atoms with Crippen molar-refractivity contribution in [2.45, 2.75) is 11.4 Å². The minimum absolute atomic E-state index is 0.0789. The second-order valence-electron chi connectivity index (χ2n) is 8.10. The number of nitrogens with zero attached hydrogens (tertiary/aromatic N) is 2. The van der Waals surface area contributed by atoms with Gasteiger partial charge in [-0.1, -0.05) is 60.1 Å². The molecule has 0 fully saturated rings. The lowest BCUT2D eigenvalue weighted by Crippen LogP contribution is -2.39. The van der Waals surface area contributed by atoms with E-state index in [1.54, 1.807) is 30.3 Å². The number of carbonyl (C=O) groups excluding carboxylic acids is 1. The number of hydrogen-bond donors (Lipinski definition) is 1. The maximum absolute atomic E-state index is 14.3. The number of nitrogens with one attached hydrogen (secondary N) is 1. The van der Waals surface area contributed by atoms with E-state index in [9.17, 15) is 17.6 Å². The van der Waals surface area contributed by atoms with E-state index in [0.717, 1.165) is 4.31 Å². The minimum Gasteiger partial charge on any atom is -0.457 e. The number of amides is 1. The first-order valence-corrected chi connectivity index (χ1v) is 13.3. The standard InChI is InChI=1S/C28H23ClFN3O4S/c29-23-13-15-26(16-14-23)38(35,36)33(19-22-8-4-5-12-27(22)30)20-28(34)32-31-18-21-7-6-11-25(17-21)37-24-9-2-1-3-10-24/h1-18H,19-20H2,(H,32,34)/b31-18-. The normalized spacial score (nSPS) is 11.6. The summed E-state index contributed by atoms with van der Waals surface area (Å²) in [5, 5.41) is 4.30. The number of rotatable bonds is 10. The third kappa shape index (κ3) is 7.25. The van der Waals surface area contributed by atoms with Crippen molar-refractivity contribution < 1.29 is 22.3 Å². The van der Waals surface area contributed by atoms with E-state index in [1.165, 1.54) is 48.7 Å². The SMILES string of the molecule is O=C(CN(Cc1ccccc1F)S(=O)(=O)c1ccc(Cl)cc1)N/N=C\c1cccc(Oc2ccccc2)c1. The number of benzene rings is 4. The lowest BCUT2D eigenvalue weighted by Gasteiger charge is -2.21. The number of para-hydroxylation sites is 1.